The predicted octanol–water partition coefficient (Wildman–Crippen LogP) is 4.53. The van der Waals surface area contributed by atoms with Gasteiger partial charge in [0.05, 0.1) is 0 Å². The summed E-state index contributed by atoms with van der Waals surface area (Å²) in [5, 5.41) is 14.1. The average molecular weight is 448 g/mol. The number of carbonyl (C=O) groups excluding carboxylic acids is 2. The number of pyridine rings is 1. The average Bonchev–Trinajstić information content (AvgIpc) is 3.07. The van der Waals surface area contributed by atoms with Crippen LogP contribution in [0.5, 0.6) is 0 Å². The Morgan fingerprint density at radius 2 is 2.15 bits per heavy atom. The molecule has 0 bridgehead atoms. The fourth-order valence-corrected chi connectivity index (χ4v) is 4.38. The predicted molar refractivity (Wildman–Crippen MR) is 133 cm³/mol. The number of aromatic nitrogens is 1. The summed E-state index contributed by atoms with van der Waals surface area (Å²) in [5.74, 6) is -1.39. The lowest BCUT2D eigenvalue weighted by atomic mass is 9.82. The van der Waals surface area contributed by atoms with Crippen molar-refractivity contribution in [2.45, 2.75) is 39.1 Å². The molecule has 3 atom stereocenters. The second-order valence-corrected chi connectivity index (χ2v) is 8.69. The molecule has 0 spiro atoms. The number of ketones is 1. The molecule has 6 heteroatoms. The summed E-state index contributed by atoms with van der Waals surface area (Å²) in [6, 6.07) is 11.4. The number of aliphatic hydroxyl groups is 1. The Kier molecular flexibility index (Phi) is 7.44. The zero-order valence-electron chi connectivity index (χ0n) is 19.5. The quantitative estimate of drug-likeness (QED) is 0.316. The Morgan fingerprint density at radius 1 is 1.39 bits per heavy atom. The van der Waals surface area contributed by atoms with Crippen LogP contribution in [0.15, 0.2) is 61.5 Å². The van der Waals surface area contributed by atoms with Crippen LogP contribution in [0, 0.1) is 11.8 Å². The minimum absolute atomic E-state index is 0. The highest BCUT2D eigenvalue weighted by Gasteiger charge is 2.38. The highest BCUT2D eigenvalue weighted by Crippen LogP contribution is 2.49. The van der Waals surface area contributed by atoms with Crippen molar-refractivity contribution in [1.29, 1.82) is 0 Å². The summed E-state index contributed by atoms with van der Waals surface area (Å²) in [6.07, 6.45) is 3.37. The maximum Gasteiger partial charge on any atom is 0.193 e. The van der Waals surface area contributed by atoms with Gasteiger partial charge in [-0.3, -0.25) is 4.90 Å². The monoisotopic (exact) mass is 447 g/mol. The molecule has 0 saturated heterocycles. The first-order chi connectivity index (χ1) is 15.7. The molecule has 0 amide bonds. The summed E-state index contributed by atoms with van der Waals surface area (Å²) < 4.78 is 0. The second kappa shape index (κ2) is 10.1. The van der Waals surface area contributed by atoms with Gasteiger partial charge in [0.25, 0.3) is 0 Å². The van der Waals surface area contributed by atoms with Crippen LogP contribution in [0.1, 0.15) is 44.8 Å². The highest BCUT2D eigenvalue weighted by molar-refractivity contribution is 5.96. The fourth-order valence-electron chi connectivity index (χ4n) is 4.38. The van der Waals surface area contributed by atoms with Crippen molar-refractivity contribution in [2.24, 2.45) is 11.8 Å². The van der Waals surface area contributed by atoms with Crippen LogP contribution in [-0.2, 0) is 16.1 Å². The van der Waals surface area contributed by atoms with Gasteiger partial charge in [-0.1, -0.05) is 37.4 Å². The van der Waals surface area contributed by atoms with E-state index in [0.29, 0.717) is 25.2 Å². The summed E-state index contributed by atoms with van der Waals surface area (Å²) >= 11 is 0. The maximum atomic E-state index is 12.0. The molecule has 2 N–H and O–H groups in total. The third kappa shape index (κ3) is 5.20. The number of Topliss-reactive ketones (excluding diaryl/α,β-unsaturated/α-hetero) is 1. The molecule has 6 nitrogen and oxygen atoms in total. The lowest BCUT2D eigenvalue weighted by molar-refractivity contribution is -0.117. The van der Waals surface area contributed by atoms with Crippen molar-refractivity contribution >= 4 is 29.0 Å². The molecule has 1 aromatic heterocycles. The zero-order valence-corrected chi connectivity index (χ0v) is 19.5. The van der Waals surface area contributed by atoms with Crippen molar-refractivity contribution in [1.82, 2.24) is 9.88 Å². The minimum atomic E-state index is -1.36. The molecule has 174 valence electrons. The number of fused-ring (bicyclic) bond motifs is 1. The number of benzene rings is 1. The van der Waals surface area contributed by atoms with Gasteiger partial charge in [0.15, 0.2) is 5.85 Å². The Labute approximate surface area is 196 Å². The number of allylic oxidation sites excluding steroid dienone is 2. The summed E-state index contributed by atoms with van der Waals surface area (Å²) in [7, 11) is 1.82. The van der Waals surface area contributed by atoms with Gasteiger partial charge in [-0.25, -0.2) is 4.98 Å². The minimum Gasteiger partial charge on any atom is -0.359 e. The summed E-state index contributed by atoms with van der Waals surface area (Å²) in [4.78, 5) is 29.5. The van der Waals surface area contributed by atoms with E-state index in [0.717, 1.165) is 34.1 Å². The van der Waals surface area contributed by atoms with Crippen molar-refractivity contribution in [3.8, 4) is 0 Å². The molecule has 1 heterocycles. The van der Waals surface area contributed by atoms with Crippen molar-refractivity contribution in [3.63, 3.8) is 0 Å². The van der Waals surface area contributed by atoms with Gasteiger partial charge in [-0.05, 0) is 61.7 Å². The zero-order chi connectivity index (χ0) is 24.2. The topological polar surface area (TPSA) is 82.5 Å². The standard InChI is InChI=1S/C27H31N3O3.H2/c1-6-22-23-11-9-10-20(16-30(5)27(4,33)29-24-12-7-8-15-28-24)25(23)19(3)26(22)21(17-31)14-13-18(2)32;/h7-12,15,17,21,26,33H,1,3,13-14,16H2,2,4-5H3,(H,28,29);1H. The van der Waals surface area contributed by atoms with Crippen LogP contribution in [-0.4, -0.2) is 40.0 Å². The fraction of sp³-hybridized carbons (Fsp3) is 0.333. The van der Waals surface area contributed by atoms with Gasteiger partial charge in [0.1, 0.15) is 17.9 Å². The van der Waals surface area contributed by atoms with Gasteiger partial charge in [-0.15, -0.1) is 5.73 Å². The molecule has 1 aliphatic rings. The third-order valence-electron chi connectivity index (χ3n) is 6.25. The number of hydrogen-bond donors (Lipinski definition) is 2. The van der Waals surface area contributed by atoms with Crippen LogP contribution < -0.4 is 5.32 Å². The van der Waals surface area contributed by atoms with E-state index in [1.807, 2.05) is 37.4 Å². The van der Waals surface area contributed by atoms with E-state index in [-0.39, 0.29) is 19.0 Å². The van der Waals surface area contributed by atoms with Gasteiger partial charge in [0, 0.05) is 38.0 Å². The Bertz CT molecular complexity index is 1110. The van der Waals surface area contributed by atoms with Crippen LogP contribution in [0.25, 0.3) is 11.1 Å². The Morgan fingerprint density at radius 3 is 2.76 bits per heavy atom. The van der Waals surface area contributed by atoms with Gasteiger partial charge < -0.3 is 20.0 Å². The van der Waals surface area contributed by atoms with E-state index in [2.05, 4.69) is 29.2 Å². The normalized spacial score (nSPS) is 17.8. The number of hydrogen-bond acceptors (Lipinski definition) is 6. The molecule has 33 heavy (non-hydrogen) atoms. The van der Waals surface area contributed by atoms with Crippen LogP contribution in [0.2, 0.25) is 0 Å². The maximum absolute atomic E-state index is 12.0. The largest absolute Gasteiger partial charge is 0.359 e. The highest BCUT2D eigenvalue weighted by atomic mass is 16.3. The van der Waals surface area contributed by atoms with Crippen molar-refractivity contribution in [2.75, 3.05) is 12.4 Å². The number of nitrogens with zero attached hydrogens (tertiary/aromatic N) is 2. The van der Waals surface area contributed by atoms with Gasteiger partial charge in [-0.2, -0.15) is 0 Å². The molecule has 3 unspecified atom stereocenters. The molecule has 2 aromatic rings. The number of carbonyl (C=O) groups is 2. The second-order valence-electron chi connectivity index (χ2n) is 8.69. The molecule has 0 fully saturated rings. The molecular weight excluding hydrogens is 414 g/mol. The molecule has 1 aromatic carbocycles. The van der Waals surface area contributed by atoms with Crippen LogP contribution in [0.4, 0.5) is 5.82 Å². The summed E-state index contributed by atoms with van der Waals surface area (Å²) in [5.41, 5.74) is 7.53. The van der Waals surface area contributed by atoms with E-state index >= 15 is 0 Å². The van der Waals surface area contributed by atoms with Crippen LogP contribution in [0.3, 0.4) is 0 Å². The lowest BCUT2D eigenvalue weighted by Crippen LogP contribution is -2.50. The Balaban J connectivity index is 0.00000408. The number of aldehydes is 1. The molecule has 0 aliphatic heterocycles. The molecule has 1 aliphatic carbocycles. The van der Waals surface area contributed by atoms with E-state index in [1.165, 1.54) is 6.92 Å². The summed E-state index contributed by atoms with van der Waals surface area (Å²) in [6.45, 7) is 11.8. The first kappa shape index (κ1) is 24.3. The van der Waals surface area contributed by atoms with E-state index in [1.54, 1.807) is 24.1 Å². The van der Waals surface area contributed by atoms with Crippen molar-refractivity contribution < 1.29 is 16.1 Å². The van der Waals surface area contributed by atoms with Gasteiger partial charge >= 0.3 is 0 Å². The number of nitrogens with one attached hydrogen (secondary N) is 1. The Hall–Kier alpha value is -3.31. The van der Waals surface area contributed by atoms with E-state index in [9.17, 15) is 14.7 Å². The first-order valence-electron chi connectivity index (χ1n) is 11.0. The smallest absolute Gasteiger partial charge is 0.193 e. The van der Waals surface area contributed by atoms with E-state index in [4.69, 9.17) is 0 Å². The van der Waals surface area contributed by atoms with Gasteiger partial charge in [0.2, 0.25) is 0 Å². The third-order valence-corrected chi connectivity index (χ3v) is 6.25. The number of rotatable bonds is 10. The lowest BCUT2D eigenvalue weighted by Gasteiger charge is -2.35. The molecule has 0 saturated carbocycles. The first-order valence-corrected chi connectivity index (χ1v) is 11.0. The number of anilines is 1. The molecule has 0 radical (unpaired) electrons. The molecular formula is C27H33N3O3. The van der Waals surface area contributed by atoms with E-state index < -0.39 is 5.85 Å². The SMILES string of the molecule is C=C=C1c2cccc(CN(C)C(C)(O)Nc3ccccn3)c2C(=C)C1C(C=O)CCC(C)=O.[HH]. The van der Waals surface area contributed by atoms with Crippen molar-refractivity contribution in [3.05, 3.63) is 78.2 Å². The van der Waals surface area contributed by atoms with Crippen LogP contribution >= 0.6 is 0 Å². The molecule has 3 rings (SSSR count).